The van der Waals surface area contributed by atoms with Crippen molar-refractivity contribution in [3.05, 3.63) is 16.4 Å². The van der Waals surface area contributed by atoms with Crippen LogP contribution in [-0.2, 0) is 13.1 Å². The topological polar surface area (TPSA) is 33.1 Å². The smallest absolute Gasteiger partial charge is 0.0860 e. The average molecular weight is 313 g/mol. The van der Waals surface area contributed by atoms with E-state index in [1.807, 2.05) is 11.6 Å². The van der Waals surface area contributed by atoms with Crippen LogP contribution in [0.3, 0.4) is 0 Å². The Hall–Kier alpha value is -0.580. The number of hydrogen-bond donors (Lipinski definition) is 1. The zero-order valence-corrected chi connectivity index (χ0v) is 15.0. The van der Waals surface area contributed by atoms with Gasteiger partial charge in [-0.2, -0.15) is 5.10 Å². The lowest BCUT2D eigenvalue weighted by Crippen LogP contribution is -2.59. The van der Waals surface area contributed by atoms with E-state index in [4.69, 9.17) is 11.6 Å². The van der Waals surface area contributed by atoms with Crippen molar-refractivity contribution in [3.63, 3.8) is 0 Å². The van der Waals surface area contributed by atoms with Crippen molar-refractivity contribution in [1.82, 2.24) is 20.0 Å². The normalized spacial score (nSPS) is 24.5. The summed E-state index contributed by atoms with van der Waals surface area (Å²) in [6.07, 6.45) is 0. The molecule has 0 saturated carbocycles. The van der Waals surface area contributed by atoms with E-state index >= 15 is 0 Å². The number of aryl methyl sites for hydroxylation is 2. The molecule has 120 valence electrons. The van der Waals surface area contributed by atoms with Crippen molar-refractivity contribution >= 4 is 11.6 Å². The lowest BCUT2D eigenvalue weighted by atomic mass is 9.84. The number of nitrogens with zero attached hydrogens (tertiary/aromatic N) is 3. The summed E-state index contributed by atoms with van der Waals surface area (Å²) in [5.74, 6) is 0. The molecule has 0 amide bonds. The van der Waals surface area contributed by atoms with Crippen LogP contribution in [0, 0.1) is 12.3 Å². The van der Waals surface area contributed by atoms with Crippen molar-refractivity contribution in [3.8, 4) is 0 Å². The van der Waals surface area contributed by atoms with Crippen LogP contribution in [0.1, 0.15) is 46.0 Å². The van der Waals surface area contributed by atoms with Crippen LogP contribution >= 0.6 is 11.6 Å². The van der Waals surface area contributed by atoms with Gasteiger partial charge in [-0.3, -0.25) is 9.58 Å². The second kappa shape index (κ2) is 6.27. The van der Waals surface area contributed by atoms with Crippen molar-refractivity contribution in [2.24, 2.45) is 5.41 Å². The molecule has 2 atom stereocenters. The summed E-state index contributed by atoms with van der Waals surface area (Å²) in [7, 11) is 0. The number of piperazine rings is 1. The van der Waals surface area contributed by atoms with E-state index in [1.54, 1.807) is 0 Å². The summed E-state index contributed by atoms with van der Waals surface area (Å²) in [4.78, 5) is 2.57. The summed E-state index contributed by atoms with van der Waals surface area (Å²) in [5, 5.41) is 8.98. The van der Waals surface area contributed by atoms with E-state index < -0.39 is 0 Å². The number of nitrogens with one attached hydrogen (secondary N) is 1. The van der Waals surface area contributed by atoms with Gasteiger partial charge in [0.2, 0.25) is 0 Å². The molecule has 21 heavy (non-hydrogen) atoms. The first-order valence-corrected chi connectivity index (χ1v) is 8.31. The first-order valence-electron chi connectivity index (χ1n) is 7.93. The summed E-state index contributed by atoms with van der Waals surface area (Å²) in [5.41, 5.74) is 2.33. The van der Waals surface area contributed by atoms with Gasteiger partial charge in [0.25, 0.3) is 0 Å². The van der Waals surface area contributed by atoms with Gasteiger partial charge in [0.1, 0.15) is 0 Å². The minimum atomic E-state index is 0.242. The monoisotopic (exact) mass is 312 g/mol. The highest BCUT2D eigenvalue weighted by atomic mass is 35.5. The van der Waals surface area contributed by atoms with Crippen LogP contribution in [0.15, 0.2) is 0 Å². The number of hydrogen-bond acceptors (Lipinski definition) is 3. The Labute approximate surface area is 133 Å². The average Bonchev–Trinajstić information content (AvgIpc) is 2.65. The molecule has 0 spiro atoms. The molecule has 1 fully saturated rings. The van der Waals surface area contributed by atoms with Gasteiger partial charge >= 0.3 is 0 Å². The van der Waals surface area contributed by atoms with Crippen molar-refractivity contribution in [1.29, 1.82) is 0 Å². The first-order chi connectivity index (χ1) is 9.74. The minimum absolute atomic E-state index is 0.242. The van der Waals surface area contributed by atoms with Crippen LogP contribution in [0.2, 0.25) is 5.02 Å². The number of halogens is 1. The molecule has 4 nitrogen and oxygen atoms in total. The van der Waals surface area contributed by atoms with Crippen molar-refractivity contribution in [2.45, 2.75) is 66.7 Å². The Kier molecular flexibility index (Phi) is 5.01. The van der Waals surface area contributed by atoms with Gasteiger partial charge in [-0.25, -0.2) is 0 Å². The SMILES string of the molecule is CCn1nc(C)c(Cl)c1CN1CC(C)NCC1C(C)(C)C. The van der Waals surface area contributed by atoms with Gasteiger partial charge in [-0.1, -0.05) is 32.4 Å². The summed E-state index contributed by atoms with van der Waals surface area (Å²) in [6, 6.07) is 1.02. The molecule has 1 N–H and O–H groups in total. The second-order valence-electron chi connectivity index (χ2n) is 7.28. The largest absolute Gasteiger partial charge is 0.311 e. The fraction of sp³-hybridized carbons (Fsp3) is 0.812. The van der Waals surface area contributed by atoms with E-state index in [-0.39, 0.29) is 5.41 Å². The third-order valence-corrected chi connectivity index (χ3v) is 4.91. The molecule has 5 heteroatoms. The van der Waals surface area contributed by atoms with Crippen molar-refractivity contribution in [2.75, 3.05) is 13.1 Å². The molecule has 1 aliphatic rings. The molecular formula is C16H29ClN4. The van der Waals surface area contributed by atoms with E-state index in [9.17, 15) is 0 Å². The molecule has 0 bridgehead atoms. The molecule has 1 saturated heterocycles. The van der Waals surface area contributed by atoms with E-state index in [0.717, 1.165) is 42.6 Å². The third-order valence-electron chi connectivity index (χ3n) is 4.41. The van der Waals surface area contributed by atoms with Gasteiger partial charge in [0, 0.05) is 38.3 Å². The summed E-state index contributed by atoms with van der Waals surface area (Å²) < 4.78 is 2.05. The number of rotatable bonds is 3. The van der Waals surface area contributed by atoms with Crippen molar-refractivity contribution < 1.29 is 0 Å². The molecule has 1 aliphatic heterocycles. The molecule has 0 radical (unpaired) electrons. The quantitative estimate of drug-likeness (QED) is 0.931. The lowest BCUT2D eigenvalue weighted by molar-refractivity contribution is 0.0505. The van der Waals surface area contributed by atoms with Gasteiger partial charge < -0.3 is 5.32 Å². The molecule has 2 heterocycles. The molecule has 2 unspecified atom stereocenters. The van der Waals surface area contributed by atoms with Crippen LogP contribution in [0.4, 0.5) is 0 Å². The molecule has 0 aliphatic carbocycles. The maximum atomic E-state index is 6.48. The highest BCUT2D eigenvalue weighted by Crippen LogP contribution is 2.30. The summed E-state index contributed by atoms with van der Waals surface area (Å²) in [6.45, 7) is 17.1. The Bertz CT molecular complexity index is 489. The predicted molar refractivity (Wildman–Crippen MR) is 88.8 cm³/mol. The highest BCUT2D eigenvalue weighted by Gasteiger charge is 2.35. The third kappa shape index (κ3) is 3.61. The zero-order valence-electron chi connectivity index (χ0n) is 14.2. The van der Waals surface area contributed by atoms with Crippen LogP contribution < -0.4 is 5.32 Å². The van der Waals surface area contributed by atoms with Crippen LogP contribution in [0.5, 0.6) is 0 Å². The Balaban J connectivity index is 2.26. The molecule has 1 aromatic rings. The van der Waals surface area contributed by atoms with Gasteiger partial charge in [0.05, 0.1) is 16.4 Å². The van der Waals surface area contributed by atoms with E-state index in [1.165, 1.54) is 0 Å². The fourth-order valence-corrected chi connectivity index (χ4v) is 3.42. The van der Waals surface area contributed by atoms with Gasteiger partial charge in [-0.15, -0.1) is 0 Å². The van der Waals surface area contributed by atoms with Crippen LogP contribution in [-0.4, -0.2) is 39.9 Å². The number of aromatic nitrogens is 2. The first kappa shape index (κ1) is 16.8. The molecule has 2 rings (SSSR count). The van der Waals surface area contributed by atoms with Gasteiger partial charge in [-0.05, 0) is 26.2 Å². The Morgan fingerprint density at radius 3 is 2.62 bits per heavy atom. The standard InChI is InChI=1S/C16H29ClN4/c1-7-21-13(15(17)12(3)19-21)10-20-9-11(2)18-8-14(20)16(4,5)6/h11,14,18H,7-10H2,1-6H3. The maximum Gasteiger partial charge on any atom is 0.0860 e. The fourth-order valence-electron chi connectivity index (χ4n) is 3.23. The zero-order chi connectivity index (χ0) is 15.8. The summed E-state index contributed by atoms with van der Waals surface area (Å²) >= 11 is 6.48. The van der Waals surface area contributed by atoms with E-state index in [0.29, 0.717) is 12.1 Å². The molecule has 1 aromatic heterocycles. The van der Waals surface area contributed by atoms with Crippen LogP contribution in [0.25, 0.3) is 0 Å². The Morgan fingerprint density at radius 1 is 1.38 bits per heavy atom. The molecular weight excluding hydrogens is 284 g/mol. The predicted octanol–water partition coefficient (Wildman–Crippen LogP) is 3.07. The molecule has 0 aromatic carbocycles. The maximum absolute atomic E-state index is 6.48. The Morgan fingerprint density at radius 2 is 2.05 bits per heavy atom. The lowest BCUT2D eigenvalue weighted by Gasteiger charge is -2.45. The minimum Gasteiger partial charge on any atom is -0.311 e. The highest BCUT2D eigenvalue weighted by molar-refractivity contribution is 6.31. The van der Waals surface area contributed by atoms with E-state index in [2.05, 4.69) is 49.9 Å². The van der Waals surface area contributed by atoms with Gasteiger partial charge in [0.15, 0.2) is 0 Å². The second-order valence-corrected chi connectivity index (χ2v) is 7.66.